The van der Waals surface area contributed by atoms with Gasteiger partial charge >= 0.3 is 0 Å². The lowest BCUT2D eigenvalue weighted by Crippen LogP contribution is -2.42. The molecule has 1 N–H and O–H groups in total. The monoisotopic (exact) mass is 113 g/mol. The second-order valence-corrected chi connectivity index (χ2v) is 2.33. The Labute approximate surface area is 50.9 Å². The molecule has 1 heterocycles. The molecular weight excluding hydrogens is 100 g/mol. The van der Waals surface area contributed by atoms with E-state index in [1.165, 1.54) is 6.04 Å². The van der Waals surface area contributed by atoms with E-state index < -0.39 is 0 Å². The Balaban J connectivity index is 2.28. The van der Waals surface area contributed by atoms with E-state index >= 15 is 0 Å². The highest BCUT2D eigenvalue weighted by Gasteiger charge is 2.12. The van der Waals surface area contributed by atoms with Crippen molar-refractivity contribution in [2.24, 2.45) is 0 Å². The van der Waals surface area contributed by atoms with Crippen molar-refractivity contribution in [2.45, 2.75) is 6.92 Å². The number of piperazine rings is 1. The smallest absolute Gasteiger partial charge is 0.0496 e. The Bertz CT molecular complexity index is 62.9. The summed E-state index contributed by atoms with van der Waals surface area (Å²) in [5.41, 5.74) is 0. The van der Waals surface area contributed by atoms with E-state index in [4.69, 9.17) is 0 Å². The summed E-state index contributed by atoms with van der Waals surface area (Å²) in [6, 6.07) is 1.44. The van der Waals surface area contributed by atoms with Gasteiger partial charge in [-0.1, -0.05) is 0 Å². The van der Waals surface area contributed by atoms with Crippen LogP contribution in [0.5, 0.6) is 0 Å². The van der Waals surface area contributed by atoms with Gasteiger partial charge in [-0.05, 0) is 14.0 Å². The first-order valence-electron chi connectivity index (χ1n) is 3.05. The molecule has 2 heteroatoms. The van der Waals surface area contributed by atoms with Crippen LogP contribution >= 0.6 is 0 Å². The van der Waals surface area contributed by atoms with Crippen LogP contribution in [0, 0.1) is 6.04 Å². The molecule has 0 bridgehead atoms. The van der Waals surface area contributed by atoms with E-state index in [2.05, 4.69) is 24.2 Å². The predicted molar refractivity (Wildman–Crippen MR) is 34.4 cm³/mol. The molecule has 0 amide bonds. The minimum atomic E-state index is 1.07. The SMILES string of the molecule is C[C]1CNCCN1C. The van der Waals surface area contributed by atoms with Gasteiger partial charge in [0.2, 0.25) is 0 Å². The van der Waals surface area contributed by atoms with Gasteiger partial charge in [-0.3, -0.25) is 4.90 Å². The minimum absolute atomic E-state index is 1.07. The zero-order valence-electron chi connectivity index (χ0n) is 5.57. The summed E-state index contributed by atoms with van der Waals surface area (Å²) < 4.78 is 0. The van der Waals surface area contributed by atoms with Gasteiger partial charge in [0, 0.05) is 25.7 Å². The molecule has 0 aromatic heterocycles. The number of hydrogen-bond donors (Lipinski definition) is 1. The molecule has 0 aromatic carbocycles. The Morgan fingerprint density at radius 1 is 1.62 bits per heavy atom. The Kier molecular flexibility index (Phi) is 1.86. The molecule has 47 valence electrons. The molecule has 0 spiro atoms. The van der Waals surface area contributed by atoms with Crippen molar-refractivity contribution in [1.82, 2.24) is 10.2 Å². The molecule has 1 radical (unpaired) electrons. The fourth-order valence-electron chi connectivity index (χ4n) is 0.842. The van der Waals surface area contributed by atoms with E-state index in [1.807, 2.05) is 0 Å². The molecule has 0 atom stereocenters. The average Bonchev–Trinajstić information content (AvgIpc) is 1.77. The maximum atomic E-state index is 3.29. The summed E-state index contributed by atoms with van der Waals surface area (Å²) >= 11 is 0. The van der Waals surface area contributed by atoms with Crippen LogP contribution in [0.3, 0.4) is 0 Å². The van der Waals surface area contributed by atoms with Gasteiger partial charge < -0.3 is 5.32 Å². The molecule has 1 aliphatic rings. The van der Waals surface area contributed by atoms with E-state index in [9.17, 15) is 0 Å². The molecule has 1 fully saturated rings. The molecule has 0 aromatic rings. The van der Waals surface area contributed by atoms with Crippen molar-refractivity contribution in [3.63, 3.8) is 0 Å². The minimum Gasteiger partial charge on any atom is -0.314 e. The van der Waals surface area contributed by atoms with Gasteiger partial charge in [0.25, 0.3) is 0 Å². The quantitative estimate of drug-likeness (QED) is 0.478. The van der Waals surface area contributed by atoms with Crippen LogP contribution in [0.25, 0.3) is 0 Å². The van der Waals surface area contributed by atoms with E-state index in [0.29, 0.717) is 0 Å². The molecular formula is C6H13N2. The largest absolute Gasteiger partial charge is 0.314 e. The normalized spacial score (nSPS) is 26.2. The Hall–Kier alpha value is -0.0800. The molecule has 1 rings (SSSR count). The van der Waals surface area contributed by atoms with Crippen LogP contribution in [0.4, 0.5) is 0 Å². The standard InChI is InChI=1S/C6H13N2/c1-6-5-7-3-4-8(6)2/h7H,3-5H2,1-2H3. The summed E-state index contributed by atoms with van der Waals surface area (Å²) in [5.74, 6) is 0. The van der Waals surface area contributed by atoms with Crippen LogP contribution < -0.4 is 5.32 Å². The predicted octanol–water partition coefficient (Wildman–Crippen LogP) is 0.0733. The van der Waals surface area contributed by atoms with Crippen molar-refractivity contribution >= 4 is 0 Å². The molecule has 0 unspecified atom stereocenters. The van der Waals surface area contributed by atoms with Crippen LogP contribution in [-0.2, 0) is 0 Å². The van der Waals surface area contributed by atoms with Gasteiger partial charge in [-0.15, -0.1) is 0 Å². The third kappa shape index (κ3) is 1.20. The van der Waals surface area contributed by atoms with E-state index in [1.54, 1.807) is 0 Å². The lowest BCUT2D eigenvalue weighted by molar-refractivity contribution is 0.296. The highest BCUT2D eigenvalue weighted by molar-refractivity contribution is 4.88. The topological polar surface area (TPSA) is 15.3 Å². The van der Waals surface area contributed by atoms with Gasteiger partial charge in [0.15, 0.2) is 0 Å². The van der Waals surface area contributed by atoms with E-state index in [0.717, 1.165) is 19.6 Å². The Morgan fingerprint density at radius 2 is 2.38 bits per heavy atom. The maximum Gasteiger partial charge on any atom is 0.0496 e. The fourth-order valence-corrected chi connectivity index (χ4v) is 0.842. The molecule has 2 nitrogen and oxygen atoms in total. The number of rotatable bonds is 0. The first-order valence-corrected chi connectivity index (χ1v) is 3.05. The van der Waals surface area contributed by atoms with Crippen LogP contribution in [-0.4, -0.2) is 31.6 Å². The molecule has 0 aliphatic carbocycles. The zero-order chi connectivity index (χ0) is 5.98. The van der Waals surface area contributed by atoms with Crippen LogP contribution in [0.15, 0.2) is 0 Å². The van der Waals surface area contributed by atoms with Crippen molar-refractivity contribution in [2.75, 3.05) is 26.7 Å². The number of nitrogens with one attached hydrogen (secondary N) is 1. The average molecular weight is 113 g/mol. The third-order valence-electron chi connectivity index (χ3n) is 1.66. The zero-order valence-corrected chi connectivity index (χ0v) is 5.57. The van der Waals surface area contributed by atoms with Crippen molar-refractivity contribution < 1.29 is 0 Å². The molecule has 1 saturated heterocycles. The van der Waals surface area contributed by atoms with Crippen LogP contribution in [0.1, 0.15) is 6.92 Å². The second-order valence-electron chi connectivity index (χ2n) is 2.33. The summed E-state index contributed by atoms with van der Waals surface area (Å²) in [6.45, 7) is 5.52. The second kappa shape index (κ2) is 2.46. The van der Waals surface area contributed by atoms with Crippen LogP contribution in [0.2, 0.25) is 0 Å². The highest BCUT2D eigenvalue weighted by Crippen LogP contribution is 2.04. The fraction of sp³-hybridized carbons (Fsp3) is 0.833. The van der Waals surface area contributed by atoms with Crippen molar-refractivity contribution in [1.29, 1.82) is 0 Å². The van der Waals surface area contributed by atoms with Gasteiger partial charge in [0.05, 0.1) is 0 Å². The summed E-state index contributed by atoms with van der Waals surface area (Å²) in [7, 11) is 2.14. The Morgan fingerprint density at radius 3 is 2.75 bits per heavy atom. The summed E-state index contributed by atoms with van der Waals surface area (Å²) in [6.07, 6.45) is 0. The first-order chi connectivity index (χ1) is 3.80. The van der Waals surface area contributed by atoms with Crippen molar-refractivity contribution in [3.8, 4) is 0 Å². The number of hydrogen-bond acceptors (Lipinski definition) is 2. The number of nitrogens with zero attached hydrogens (tertiary/aromatic N) is 1. The molecule has 8 heavy (non-hydrogen) atoms. The van der Waals surface area contributed by atoms with Gasteiger partial charge in [0.1, 0.15) is 0 Å². The van der Waals surface area contributed by atoms with Crippen molar-refractivity contribution in [3.05, 3.63) is 6.04 Å². The maximum absolute atomic E-state index is 3.29. The first kappa shape index (κ1) is 6.05. The molecule has 0 saturated carbocycles. The highest BCUT2D eigenvalue weighted by atomic mass is 15.2. The lowest BCUT2D eigenvalue weighted by atomic mass is 10.2. The third-order valence-corrected chi connectivity index (χ3v) is 1.66. The lowest BCUT2D eigenvalue weighted by Gasteiger charge is -2.29. The van der Waals surface area contributed by atoms with E-state index in [-0.39, 0.29) is 0 Å². The van der Waals surface area contributed by atoms with Gasteiger partial charge in [-0.2, -0.15) is 0 Å². The van der Waals surface area contributed by atoms with Gasteiger partial charge in [-0.25, -0.2) is 0 Å². The molecule has 1 aliphatic heterocycles. The number of likely N-dealkylation sites (N-methyl/N-ethyl adjacent to an activating group) is 1. The summed E-state index contributed by atoms with van der Waals surface area (Å²) in [4.78, 5) is 2.29. The summed E-state index contributed by atoms with van der Waals surface area (Å²) in [5, 5.41) is 3.29.